The second kappa shape index (κ2) is 10.1. The number of nitro groups is 1. The van der Waals surface area contributed by atoms with Crippen molar-refractivity contribution >= 4 is 35.0 Å². The number of nitrogens with one attached hydrogen (secondary N) is 2. The fourth-order valence-corrected chi connectivity index (χ4v) is 3.65. The molecule has 0 aliphatic heterocycles. The van der Waals surface area contributed by atoms with Gasteiger partial charge in [-0.25, -0.2) is 0 Å². The Morgan fingerprint density at radius 2 is 1.84 bits per heavy atom. The van der Waals surface area contributed by atoms with Gasteiger partial charge in [0.2, 0.25) is 5.91 Å². The minimum Gasteiger partial charge on any atom is -0.342 e. The average molecular weight is 455 g/mol. The fourth-order valence-electron chi connectivity index (χ4n) is 2.93. The summed E-state index contributed by atoms with van der Waals surface area (Å²) in [5.74, 6) is -0.109. The molecule has 2 N–H and O–H groups in total. The third kappa shape index (κ3) is 5.49. The SMILES string of the molecule is Cc1ccc(C(=O)N[C@@H](C)c2nnc(SCC(=O)Nc3ccccc3[N+](=O)[O-])n2C)cc1. The van der Waals surface area contributed by atoms with Crippen LogP contribution in [0.3, 0.4) is 0 Å². The largest absolute Gasteiger partial charge is 0.342 e. The van der Waals surface area contributed by atoms with Crippen molar-refractivity contribution in [3.05, 3.63) is 75.6 Å². The number of benzene rings is 2. The Kier molecular flexibility index (Phi) is 7.21. The van der Waals surface area contributed by atoms with E-state index in [1.165, 1.54) is 18.2 Å². The number of thioether (sulfide) groups is 1. The molecule has 2 amide bonds. The molecule has 0 spiro atoms. The molecule has 1 heterocycles. The Hall–Kier alpha value is -3.73. The molecule has 1 atom stereocenters. The van der Waals surface area contributed by atoms with E-state index in [9.17, 15) is 19.7 Å². The minimum absolute atomic E-state index is 0.0118. The number of carbonyl (C=O) groups is 2. The second-order valence-corrected chi connectivity index (χ2v) is 8.01. The summed E-state index contributed by atoms with van der Waals surface area (Å²) in [6, 6.07) is 12.8. The van der Waals surface area contributed by atoms with Crippen LogP contribution in [-0.4, -0.2) is 37.3 Å². The number of nitro benzene ring substituents is 1. The van der Waals surface area contributed by atoms with Crippen molar-refractivity contribution in [2.45, 2.75) is 25.0 Å². The highest BCUT2D eigenvalue weighted by Crippen LogP contribution is 2.24. The molecule has 0 radical (unpaired) electrons. The Bertz CT molecular complexity index is 1150. The molecule has 166 valence electrons. The van der Waals surface area contributed by atoms with Crippen LogP contribution in [0.1, 0.15) is 34.7 Å². The molecule has 10 nitrogen and oxygen atoms in total. The van der Waals surface area contributed by atoms with E-state index in [2.05, 4.69) is 20.8 Å². The summed E-state index contributed by atoms with van der Waals surface area (Å²) in [5, 5.41) is 25.2. The van der Waals surface area contributed by atoms with Crippen LogP contribution in [0.15, 0.2) is 53.7 Å². The van der Waals surface area contributed by atoms with Gasteiger partial charge in [0.25, 0.3) is 11.6 Å². The van der Waals surface area contributed by atoms with Gasteiger partial charge in [-0.15, -0.1) is 10.2 Å². The molecule has 0 aliphatic rings. The number of hydrogen-bond donors (Lipinski definition) is 2. The first-order valence-corrected chi connectivity index (χ1v) is 10.7. The molecule has 32 heavy (non-hydrogen) atoms. The number of para-hydroxylation sites is 2. The highest BCUT2D eigenvalue weighted by atomic mass is 32.2. The van der Waals surface area contributed by atoms with Crippen LogP contribution in [0.2, 0.25) is 0 Å². The quantitative estimate of drug-likeness (QED) is 0.303. The third-order valence-electron chi connectivity index (χ3n) is 4.62. The Morgan fingerprint density at radius 3 is 2.53 bits per heavy atom. The van der Waals surface area contributed by atoms with Crippen LogP contribution in [0, 0.1) is 17.0 Å². The van der Waals surface area contributed by atoms with Gasteiger partial charge >= 0.3 is 0 Å². The molecule has 11 heteroatoms. The van der Waals surface area contributed by atoms with Crippen molar-refractivity contribution in [3.8, 4) is 0 Å². The first-order chi connectivity index (χ1) is 15.3. The lowest BCUT2D eigenvalue weighted by Crippen LogP contribution is -2.28. The van der Waals surface area contributed by atoms with Crippen molar-refractivity contribution in [2.24, 2.45) is 7.05 Å². The van der Waals surface area contributed by atoms with E-state index in [0.717, 1.165) is 17.3 Å². The zero-order chi connectivity index (χ0) is 23.3. The van der Waals surface area contributed by atoms with E-state index in [1.807, 2.05) is 19.1 Å². The number of rotatable bonds is 8. The van der Waals surface area contributed by atoms with E-state index in [0.29, 0.717) is 16.5 Å². The van der Waals surface area contributed by atoms with Gasteiger partial charge in [-0.2, -0.15) is 0 Å². The van der Waals surface area contributed by atoms with Gasteiger partial charge in [0.05, 0.1) is 16.7 Å². The van der Waals surface area contributed by atoms with Crippen LogP contribution < -0.4 is 10.6 Å². The number of carbonyl (C=O) groups excluding carboxylic acids is 2. The summed E-state index contributed by atoms with van der Waals surface area (Å²) in [6.07, 6.45) is 0. The summed E-state index contributed by atoms with van der Waals surface area (Å²) < 4.78 is 1.70. The zero-order valence-corrected chi connectivity index (χ0v) is 18.5. The summed E-state index contributed by atoms with van der Waals surface area (Å²) in [4.78, 5) is 35.2. The smallest absolute Gasteiger partial charge is 0.292 e. The van der Waals surface area contributed by atoms with Crippen molar-refractivity contribution < 1.29 is 14.5 Å². The van der Waals surface area contributed by atoms with Crippen molar-refractivity contribution in [1.82, 2.24) is 20.1 Å². The second-order valence-electron chi connectivity index (χ2n) is 7.07. The lowest BCUT2D eigenvalue weighted by Gasteiger charge is -2.13. The molecule has 0 aliphatic carbocycles. The van der Waals surface area contributed by atoms with Crippen molar-refractivity contribution in [2.75, 3.05) is 11.1 Å². The van der Waals surface area contributed by atoms with Crippen molar-refractivity contribution in [1.29, 1.82) is 0 Å². The highest BCUT2D eigenvalue weighted by Gasteiger charge is 2.20. The molecule has 0 fully saturated rings. The van der Waals surface area contributed by atoms with Gasteiger partial charge in [-0.3, -0.25) is 19.7 Å². The number of hydrogen-bond acceptors (Lipinski definition) is 7. The number of nitrogens with zero attached hydrogens (tertiary/aromatic N) is 4. The summed E-state index contributed by atoms with van der Waals surface area (Å²) in [5.41, 5.74) is 1.57. The number of aromatic nitrogens is 3. The molecule has 0 saturated carbocycles. The number of anilines is 1. The summed E-state index contributed by atoms with van der Waals surface area (Å²) in [6.45, 7) is 3.75. The van der Waals surface area contributed by atoms with E-state index >= 15 is 0 Å². The van der Waals surface area contributed by atoms with Crippen LogP contribution in [0.5, 0.6) is 0 Å². The van der Waals surface area contributed by atoms with E-state index in [4.69, 9.17) is 0 Å². The number of amides is 2. The predicted molar refractivity (Wildman–Crippen MR) is 121 cm³/mol. The maximum absolute atomic E-state index is 12.4. The lowest BCUT2D eigenvalue weighted by atomic mass is 10.1. The van der Waals surface area contributed by atoms with Gasteiger partial charge in [-0.1, -0.05) is 41.6 Å². The van der Waals surface area contributed by atoms with E-state index < -0.39 is 16.9 Å². The molecule has 0 saturated heterocycles. The summed E-state index contributed by atoms with van der Waals surface area (Å²) >= 11 is 1.14. The first kappa shape index (κ1) is 22.9. The highest BCUT2D eigenvalue weighted by molar-refractivity contribution is 7.99. The van der Waals surface area contributed by atoms with E-state index in [-0.39, 0.29) is 23.0 Å². The fraction of sp³-hybridized carbons (Fsp3) is 0.238. The molecular weight excluding hydrogens is 432 g/mol. The average Bonchev–Trinajstić information content (AvgIpc) is 3.13. The molecule has 3 aromatic rings. The Labute approximate surface area is 188 Å². The Morgan fingerprint density at radius 1 is 1.16 bits per heavy atom. The van der Waals surface area contributed by atoms with Crippen LogP contribution in [0.4, 0.5) is 11.4 Å². The molecule has 2 aromatic carbocycles. The van der Waals surface area contributed by atoms with Crippen molar-refractivity contribution in [3.63, 3.8) is 0 Å². The van der Waals surface area contributed by atoms with E-state index in [1.54, 1.807) is 36.7 Å². The standard InChI is InChI=1S/C21H22N6O4S/c1-13-8-10-15(11-9-13)20(29)22-14(2)19-24-25-21(26(19)3)32-12-18(28)23-16-6-4-5-7-17(16)27(30)31/h4-11,14H,12H2,1-3H3,(H,22,29)(H,23,28)/t14-/m0/s1. The maximum atomic E-state index is 12.4. The van der Waals surface area contributed by atoms with Gasteiger partial charge in [0.1, 0.15) is 5.69 Å². The zero-order valence-electron chi connectivity index (χ0n) is 17.7. The van der Waals surface area contributed by atoms with Gasteiger partial charge in [-0.05, 0) is 32.0 Å². The molecule has 3 rings (SSSR count). The van der Waals surface area contributed by atoms with Gasteiger partial charge in [0.15, 0.2) is 11.0 Å². The summed E-state index contributed by atoms with van der Waals surface area (Å²) in [7, 11) is 1.74. The van der Waals surface area contributed by atoms with Crippen LogP contribution >= 0.6 is 11.8 Å². The van der Waals surface area contributed by atoms with Crippen LogP contribution in [0.25, 0.3) is 0 Å². The van der Waals surface area contributed by atoms with Gasteiger partial charge < -0.3 is 15.2 Å². The van der Waals surface area contributed by atoms with Crippen LogP contribution in [-0.2, 0) is 11.8 Å². The first-order valence-electron chi connectivity index (χ1n) is 9.69. The lowest BCUT2D eigenvalue weighted by molar-refractivity contribution is -0.383. The number of aryl methyl sites for hydroxylation is 1. The predicted octanol–water partition coefficient (Wildman–Crippen LogP) is 3.25. The monoisotopic (exact) mass is 454 g/mol. The third-order valence-corrected chi connectivity index (χ3v) is 5.64. The molecule has 1 aromatic heterocycles. The van der Waals surface area contributed by atoms with Gasteiger partial charge in [0, 0.05) is 18.7 Å². The molecule has 0 unspecified atom stereocenters. The molecule has 0 bridgehead atoms. The normalized spacial score (nSPS) is 11.6. The minimum atomic E-state index is -0.552. The Balaban J connectivity index is 1.59. The maximum Gasteiger partial charge on any atom is 0.292 e. The molecular formula is C21H22N6O4S. The topological polar surface area (TPSA) is 132 Å².